The van der Waals surface area contributed by atoms with Gasteiger partial charge in [-0.25, -0.2) is 0 Å². The van der Waals surface area contributed by atoms with Crippen molar-refractivity contribution >= 4 is 28.6 Å². The molecule has 0 unspecified atom stereocenters. The molecule has 1 aromatic carbocycles. The molecule has 0 spiro atoms. The fourth-order valence-electron chi connectivity index (χ4n) is 1.44. The van der Waals surface area contributed by atoms with Crippen LogP contribution < -0.4 is 9.47 Å². The summed E-state index contributed by atoms with van der Waals surface area (Å²) in [7, 11) is 0. The predicted octanol–water partition coefficient (Wildman–Crippen LogP) is 2.69. The highest BCUT2D eigenvalue weighted by Crippen LogP contribution is 2.38. The molecule has 0 saturated carbocycles. The number of halogens is 1. The first-order valence-electron chi connectivity index (χ1n) is 4.50. The molecule has 4 heteroatoms. The summed E-state index contributed by atoms with van der Waals surface area (Å²) in [5.41, 5.74) is 1.22. The van der Waals surface area contributed by atoms with Gasteiger partial charge in [0.15, 0.2) is 11.5 Å². The zero-order valence-electron chi connectivity index (χ0n) is 7.62. The molecular weight excluding hydrogens is 264 g/mol. The third-order valence-corrected chi connectivity index (χ3v) is 2.87. The lowest BCUT2D eigenvalue weighted by molar-refractivity contribution is 0.170. The first-order valence-corrected chi connectivity index (χ1v) is 5.92. The van der Waals surface area contributed by atoms with Gasteiger partial charge in [0.25, 0.3) is 0 Å². The number of ether oxygens (including phenoxy) is 2. The van der Waals surface area contributed by atoms with Crippen molar-refractivity contribution in [3.63, 3.8) is 0 Å². The van der Waals surface area contributed by atoms with Crippen molar-refractivity contribution in [2.75, 3.05) is 19.0 Å². The first kappa shape index (κ1) is 10.2. The molecule has 0 aliphatic carbocycles. The van der Waals surface area contributed by atoms with Crippen molar-refractivity contribution in [3.8, 4) is 11.5 Å². The van der Waals surface area contributed by atoms with Crippen LogP contribution in [-0.2, 0) is 6.42 Å². The van der Waals surface area contributed by atoms with Crippen molar-refractivity contribution in [1.29, 1.82) is 0 Å². The first-order chi connectivity index (χ1) is 6.81. The van der Waals surface area contributed by atoms with Crippen LogP contribution >= 0.6 is 28.6 Å². The van der Waals surface area contributed by atoms with Crippen LogP contribution in [-0.4, -0.2) is 19.0 Å². The molecule has 0 atom stereocenters. The van der Waals surface area contributed by atoms with E-state index in [-0.39, 0.29) is 0 Å². The fraction of sp³-hybridized carbons (Fsp3) is 0.400. The number of aryl methyl sites for hydroxylation is 1. The topological polar surface area (TPSA) is 18.5 Å². The van der Waals surface area contributed by atoms with Crippen LogP contribution in [0.3, 0.4) is 0 Å². The summed E-state index contributed by atoms with van der Waals surface area (Å²) in [6.07, 6.45) is 0.943. The van der Waals surface area contributed by atoms with Gasteiger partial charge in [-0.3, -0.25) is 0 Å². The normalized spacial score (nSPS) is 14.1. The molecule has 0 amide bonds. The van der Waals surface area contributed by atoms with Gasteiger partial charge in [-0.15, -0.1) is 0 Å². The number of thiol groups is 1. The fourth-order valence-corrected chi connectivity index (χ4v) is 2.30. The Balaban J connectivity index is 2.36. The van der Waals surface area contributed by atoms with Crippen LogP contribution in [0.5, 0.6) is 11.5 Å². The van der Waals surface area contributed by atoms with Crippen LogP contribution in [0.15, 0.2) is 16.6 Å². The molecule has 0 radical (unpaired) electrons. The largest absolute Gasteiger partial charge is 0.486 e. The summed E-state index contributed by atoms with van der Waals surface area (Å²) in [4.78, 5) is 0. The maximum atomic E-state index is 5.51. The number of benzene rings is 1. The van der Waals surface area contributed by atoms with E-state index >= 15 is 0 Å². The van der Waals surface area contributed by atoms with E-state index in [4.69, 9.17) is 9.47 Å². The van der Waals surface area contributed by atoms with E-state index in [1.54, 1.807) is 0 Å². The summed E-state index contributed by atoms with van der Waals surface area (Å²) in [6.45, 7) is 1.25. The molecule has 1 heterocycles. The van der Waals surface area contributed by atoms with E-state index in [1.165, 1.54) is 5.56 Å². The Morgan fingerprint density at radius 2 is 2.07 bits per heavy atom. The SMILES string of the molecule is SCCc1cc(Br)c2c(c1)OCCO2. The van der Waals surface area contributed by atoms with E-state index in [9.17, 15) is 0 Å². The number of rotatable bonds is 2. The quantitative estimate of drug-likeness (QED) is 0.836. The van der Waals surface area contributed by atoms with E-state index in [1.807, 2.05) is 6.07 Å². The zero-order chi connectivity index (χ0) is 9.97. The number of hydrogen-bond donors (Lipinski definition) is 1. The van der Waals surface area contributed by atoms with Crippen LogP contribution in [0, 0.1) is 0 Å². The molecular formula is C10H11BrO2S. The Labute approximate surface area is 97.1 Å². The molecule has 2 nitrogen and oxygen atoms in total. The van der Waals surface area contributed by atoms with Gasteiger partial charge in [0.05, 0.1) is 4.47 Å². The smallest absolute Gasteiger partial charge is 0.175 e. The average molecular weight is 275 g/mol. The Kier molecular flexibility index (Phi) is 3.23. The second kappa shape index (κ2) is 4.45. The van der Waals surface area contributed by atoms with Gasteiger partial charge in [0, 0.05) is 0 Å². The minimum Gasteiger partial charge on any atom is -0.486 e. The Morgan fingerprint density at radius 3 is 2.86 bits per heavy atom. The maximum Gasteiger partial charge on any atom is 0.175 e. The van der Waals surface area contributed by atoms with Crippen LogP contribution in [0.25, 0.3) is 0 Å². The highest BCUT2D eigenvalue weighted by atomic mass is 79.9. The molecule has 76 valence electrons. The standard InChI is InChI=1S/C10H11BrO2S/c11-8-5-7(1-4-14)6-9-10(8)13-3-2-12-9/h5-6,14H,1-4H2. The van der Waals surface area contributed by atoms with E-state index in [0.29, 0.717) is 13.2 Å². The molecule has 0 fully saturated rings. The van der Waals surface area contributed by atoms with Crippen molar-refractivity contribution in [2.24, 2.45) is 0 Å². The third kappa shape index (κ3) is 2.01. The van der Waals surface area contributed by atoms with Gasteiger partial charge in [0.2, 0.25) is 0 Å². The zero-order valence-corrected chi connectivity index (χ0v) is 10.1. The van der Waals surface area contributed by atoms with E-state index in [2.05, 4.69) is 34.6 Å². The highest BCUT2D eigenvalue weighted by molar-refractivity contribution is 9.10. The van der Waals surface area contributed by atoms with Crippen LogP contribution in [0.1, 0.15) is 5.56 Å². The van der Waals surface area contributed by atoms with E-state index < -0.39 is 0 Å². The van der Waals surface area contributed by atoms with Crippen molar-refractivity contribution in [1.82, 2.24) is 0 Å². The summed E-state index contributed by atoms with van der Waals surface area (Å²) in [5.74, 6) is 2.49. The lowest BCUT2D eigenvalue weighted by Gasteiger charge is -2.20. The second-order valence-corrected chi connectivity index (χ2v) is 4.38. The Bertz CT molecular complexity index is 341. The lowest BCUT2D eigenvalue weighted by atomic mass is 10.1. The molecule has 0 aromatic heterocycles. The molecule has 1 aliphatic rings. The summed E-state index contributed by atoms with van der Waals surface area (Å²) >= 11 is 7.68. The van der Waals surface area contributed by atoms with Crippen LogP contribution in [0.2, 0.25) is 0 Å². The van der Waals surface area contributed by atoms with Crippen molar-refractivity contribution < 1.29 is 9.47 Å². The highest BCUT2D eigenvalue weighted by Gasteiger charge is 2.15. The van der Waals surface area contributed by atoms with Gasteiger partial charge >= 0.3 is 0 Å². The van der Waals surface area contributed by atoms with E-state index in [0.717, 1.165) is 28.1 Å². The predicted molar refractivity (Wildman–Crippen MR) is 62.7 cm³/mol. The van der Waals surface area contributed by atoms with Crippen molar-refractivity contribution in [3.05, 3.63) is 22.2 Å². The van der Waals surface area contributed by atoms with Gasteiger partial charge in [-0.1, -0.05) is 0 Å². The molecule has 1 aliphatic heterocycles. The maximum absolute atomic E-state index is 5.51. The van der Waals surface area contributed by atoms with Crippen LogP contribution in [0.4, 0.5) is 0 Å². The molecule has 2 rings (SSSR count). The van der Waals surface area contributed by atoms with Gasteiger partial charge in [-0.2, -0.15) is 12.6 Å². The number of fused-ring (bicyclic) bond motifs is 1. The summed E-state index contributed by atoms with van der Waals surface area (Å²) in [5, 5.41) is 0. The minimum atomic E-state index is 0.623. The van der Waals surface area contributed by atoms with Gasteiger partial charge < -0.3 is 9.47 Å². The Hall–Kier alpha value is -0.350. The summed E-state index contributed by atoms with van der Waals surface area (Å²) in [6, 6.07) is 4.08. The monoisotopic (exact) mass is 274 g/mol. The number of hydrogen-bond acceptors (Lipinski definition) is 3. The molecule has 0 N–H and O–H groups in total. The van der Waals surface area contributed by atoms with Gasteiger partial charge in [0.1, 0.15) is 13.2 Å². The minimum absolute atomic E-state index is 0.623. The second-order valence-electron chi connectivity index (χ2n) is 3.08. The van der Waals surface area contributed by atoms with Crippen molar-refractivity contribution in [2.45, 2.75) is 6.42 Å². The third-order valence-electron chi connectivity index (χ3n) is 2.06. The molecule has 0 bridgehead atoms. The Morgan fingerprint density at radius 1 is 1.29 bits per heavy atom. The molecule has 14 heavy (non-hydrogen) atoms. The molecule has 0 saturated heterocycles. The average Bonchev–Trinajstić information content (AvgIpc) is 2.18. The summed E-state index contributed by atoms with van der Waals surface area (Å²) < 4.78 is 12.0. The molecule has 1 aromatic rings. The lowest BCUT2D eigenvalue weighted by Crippen LogP contribution is -2.15. The van der Waals surface area contributed by atoms with Gasteiger partial charge in [-0.05, 0) is 45.8 Å².